The van der Waals surface area contributed by atoms with Gasteiger partial charge in [-0.05, 0) is 37.5 Å². The van der Waals surface area contributed by atoms with E-state index in [2.05, 4.69) is 43.4 Å². The molecule has 0 atom stereocenters. The van der Waals surface area contributed by atoms with Crippen LogP contribution in [0.15, 0.2) is 27.7 Å². The summed E-state index contributed by atoms with van der Waals surface area (Å²) in [7, 11) is 0. The summed E-state index contributed by atoms with van der Waals surface area (Å²) in [5.41, 5.74) is 0.740. The highest BCUT2D eigenvalue weighted by molar-refractivity contribution is 9.10. The molecule has 1 aromatic rings. The zero-order valence-corrected chi connectivity index (χ0v) is 16.4. The number of halogens is 2. The first-order chi connectivity index (χ1) is 12.2. The summed E-state index contributed by atoms with van der Waals surface area (Å²) in [6.07, 6.45) is 1.51. The minimum atomic E-state index is -0.158. The number of ether oxygens (including phenoxy) is 1. The second-order valence-corrected chi connectivity index (χ2v) is 6.90. The summed E-state index contributed by atoms with van der Waals surface area (Å²) < 4.78 is 19.9. The highest BCUT2D eigenvalue weighted by Gasteiger charge is 2.09. The molecule has 1 aromatic carbocycles. The Bertz CT molecular complexity index is 550. The number of benzene rings is 1. The van der Waals surface area contributed by atoms with Crippen molar-refractivity contribution >= 4 is 21.9 Å². The van der Waals surface area contributed by atoms with Gasteiger partial charge in [0.15, 0.2) is 5.96 Å². The van der Waals surface area contributed by atoms with E-state index in [0.717, 1.165) is 68.4 Å². The number of hydrogen-bond donors (Lipinski definition) is 2. The Morgan fingerprint density at radius 1 is 1.32 bits per heavy atom. The monoisotopic (exact) mass is 414 g/mol. The van der Waals surface area contributed by atoms with E-state index in [0.29, 0.717) is 13.0 Å². The summed E-state index contributed by atoms with van der Waals surface area (Å²) in [6.45, 7) is 9.01. The first kappa shape index (κ1) is 20.1. The van der Waals surface area contributed by atoms with E-state index >= 15 is 0 Å². The van der Waals surface area contributed by atoms with Crippen molar-refractivity contribution in [1.29, 1.82) is 0 Å². The lowest BCUT2D eigenvalue weighted by Crippen LogP contribution is -2.44. The van der Waals surface area contributed by atoms with Crippen molar-refractivity contribution < 1.29 is 9.13 Å². The largest absolute Gasteiger partial charge is 0.379 e. The molecule has 1 fully saturated rings. The van der Waals surface area contributed by atoms with Gasteiger partial charge in [0.1, 0.15) is 5.82 Å². The summed E-state index contributed by atoms with van der Waals surface area (Å²) in [5, 5.41) is 6.61. The summed E-state index contributed by atoms with van der Waals surface area (Å²) >= 11 is 3.28. The van der Waals surface area contributed by atoms with Gasteiger partial charge in [0, 0.05) is 43.7 Å². The van der Waals surface area contributed by atoms with Crippen LogP contribution in [0.1, 0.15) is 18.9 Å². The van der Waals surface area contributed by atoms with Crippen molar-refractivity contribution in [2.45, 2.75) is 19.8 Å². The molecule has 2 rings (SSSR count). The van der Waals surface area contributed by atoms with Crippen molar-refractivity contribution in [3.8, 4) is 0 Å². The molecule has 0 unspecified atom stereocenters. The first-order valence-electron chi connectivity index (χ1n) is 8.95. The van der Waals surface area contributed by atoms with Crippen molar-refractivity contribution in [3.05, 3.63) is 34.1 Å². The van der Waals surface area contributed by atoms with Crippen LogP contribution < -0.4 is 10.6 Å². The average Bonchev–Trinajstić information content (AvgIpc) is 2.61. The molecule has 0 saturated carbocycles. The number of morpholine rings is 1. The molecule has 25 heavy (non-hydrogen) atoms. The predicted octanol–water partition coefficient (Wildman–Crippen LogP) is 2.41. The van der Waals surface area contributed by atoms with Gasteiger partial charge in [-0.15, -0.1) is 0 Å². The van der Waals surface area contributed by atoms with Crippen LogP contribution in [0.3, 0.4) is 0 Å². The summed E-state index contributed by atoms with van der Waals surface area (Å²) in [6, 6.07) is 5.21. The molecule has 0 spiro atoms. The maximum atomic E-state index is 13.8. The van der Waals surface area contributed by atoms with Gasteiger partial charge >= 0.3 is 0 Å². The zero-order valence-electron chi connectivity index (χ0n) is 14.9. The van der Waals surface area contributed by atoms with Crippen LogP contribution in [0.25, 0.3) is 0 Å². The molecular weight excluding hydrogens is 387 g/mol. The Morgan fingerprint density at radius 3 is 2.84 bits per heavy atom. The van der Waals surface area contributed by atoms with E-state index < -0.39 is 0 Å². The van der Waals surface area contributed by atoms with Crippen LogP contribution in [0.4, 0.5) is 4.39 Å². The molecule has 0 aromatic heterocycles. The van der Waals surface area contributed by atoms with Crippen molar-refractivity contribution in [2.75, 3.05) is 52.5 Å². The Hall–Kier alpha value is -1.18. The maximum absolute atomic E-state index is 13.8. The number of aryl methyl sites for hydroxylation is 1. The van der Waals surface area contributed by atoms with Crippen LogP contribution in [-0.4, -0.2) is 63.3 Å². The molecule has 0 amide bonds. The number of nitrogens with one attached hydrogen (secondary N) is 2. The quantitative estimate of drug-likeness (QED) is 0.389. The molecule has 140 valence electrons. The fourth-order valence-electron chi connectivity index (χ4n) is 2.68. The smallest absolute Gasteiger partial charge is 0.191 e. The third kappa shape index (κ3) is 7.71. The van der Waals surface area contributed by atoms with Gasteiger partial charge in [-0.25, -0.2) is 4.39 Å². The number of rotatable bonds is 8. The van der Waals surface area contributed by atoms with Gasteiger partial charge in [-0.1, -0.05) is 22.0 Å². The van der Waals surface area contributed by atoms with Crippen LogP contribution in [-0.2, 0) is 11.2 Å². The van der Waals surface area contributed by atoms with Crippen molar-refractivity contribution in [2.24, 2.45) is 4.99 Å². The normalized spacial score (nSPS) is 16.0. The lowest BCUT2D eigenvalue weighted by atomic mass is 10.1. The van der Waals surface area contributed by atoms with E-state index in [1.165, 1.54) is 6.07 Å². The highest BCUT2D eigenvalue weighted by Crippen LogP contribution is 2.16. The second kappa shape index (κ2) is 11.4. The van der Waals surface area contributed by atoms with E-state index in [1.807, 2.05) is 12.1 Å². The molecule has 0 bridgehead atoms. The van der Waals surface area contributed by atoms with Gasteiger partial charge < -0.3 is 15.4 Å². The Kier molecular flexibility index (Phi) is 9.21. The van der Waals surface area contributed by atoms with Gasteiger partial charge in [-0.2, -0.15) is 0 Å². The highest BCUT2D eigenvalue weighted by atomic mass is 79.9. The molecular formula is C18H28BrFN4O. The van der Waals surface area contributed by atoms with E-state index in [-0.39, 0.29) is 5.82 Å². The SMILES string of the molecule is CCNC(=NCCCc1ccc(Br)cc1F)NCCN1CCOCC1. The molecule has 1 aliphatic heterocycles. The molecule has 1 heterocycles. The lowest BCUT2D eigenvalue weighted by molar-refractivity contribution is 0.0389. The maximum Gasteiger partial charge on any atom is 0.191 e. The third-order valence-corrected chi connectivity index (χ3v) is 4.55. The fourth-order valence-corrected chi connectivity index (χ4v) is 3.02. The molecule has 5 nitrogen and oxygen atoms in total. The van der Waals surface area contributed by atoms with Crippen LogP contribution in [0.5, 0.6) is 0 Å². The molecule has 1 saturated heterocycles. The summed E-state index contributed by atoms with van der Waals surface area (Å²) in [5.74, 6) is 0.668. The van der Waals surface area contributed by atoms with Gasteiger partial charge in [-0.3, -0.25) is 9.89 Å². The van der Waals surface area contributed by atoms with E-state index in [1.54, 1.807) is 0 Å². The first-order valence-corrected chi connectivity index (χ1v) is 9.74. The number of hydrogen-bond acceptors (Lipinski definition) is 3. The van der Waals surface area contributed by atoms with Gasteiger partial charge in [0.25, 0.3) is 0 Å². The minimum absolute atomic E-state index is 0.158. The van der Waals surface area contributed by atoms with Crippen LogP contribution >= 0.6 is 15.9 Å². The Morgan fingerprint density at radius 2 is 2.12 bits per heavy atom. The third-order valence-electron chi connectivity index (χ3n) is 4.06. The lowest BCUT2D eigenvalue weighted by Gasteiger charge is -2.26. The van der Waals surface area contributed by atoms with Crippen LogP contribution in [0.2, 0.25) is 0 Å². The second-order valence-electron chi connectivity index (χ2n) is 5.98. The van der Waals surface area contributed by atoms with E-state index in [4.69, 9.17) is 4.74 Å². The summed E-state index contributed by atoms with van der Waals surface area (Å²) in [4.78, 5) is 6.96. The van der Waals surface area contributed by atoms with Crippen LogP contribution in [0, 0.1) is 5.82 Å². The molecule has 1 aliphatic rings. The van der Waals surface area contributed by atoms with E-state index in [9.17, 15) is 4.39 Å². The number of nitrogens with zero attached hydrogens (tertiary/aromatic N) is 2. The molecule has 7 heteroatoms. The Labute approximate surface area is 158 Å². The Balaban J connectivity index is 1.70. The standard InChI is InChI=1S/C18H28BrFN4O/c1-2-21-18(23-8-9-24-10-12-25-13-11-24)22-7-3-4-15-5-6-16(19)14-17(15)20/h5-6,14H,2-4,7-13H2,1H3,(H2,21,22,23). The van der Waals surface area contributed by atoms with Gasteiger partial charge in [0.2, 0.25) is 0 Å². The fraction of sp³-hybridized carbons (Fsp3) is 0.611. The van der Waals surface area contributed by atoms with Gasteiger partial charge in [0.05, 0.1) is 13.2 Å². The number of guanidine groups is 1. The molecule has 0 radical (unpaired) electrons. The zero-order chi connectivity index (χ0) is 17.9. The molecule has 2 N–H and O–H groups in total. The van der Waals surface area contributed by atoms with Crippen molar-refractivity contribution in [1.82, 2.24) is 15.5 Å². The molecule has 0 aliphatic carbocycles. The number of aliphatic imine (C=N–C) groups is 1. The predicted molar refractivity (Wildman–Crippen MR) is 104 cm³/mol. The van der Waals surface area contributed by atoms with Crippen molar-refractivity contribution in [3.63, 3.8) is 0 Å². The topological polar surface area (TPSA) is 48.9 Å². The minimum Gasteiger partial charge on any atom is -0.379 e. The average molecular weight is 415 g/mol.